The zero-order valence-corrected chi connectivity index (χ0v) is 14.6. The molecule has 2 aromatic rings. The Morgan fingerprint density at radius 1 is 1.21 bits per heavy atom. The SMILES string of the molecule is Cc1c(-c2ccc(OC(F)(F)P)cc2)cn(C2CNC2)c(=O)c1C. The van der Waals surface area contributed by atoms with Gasteiger partial charge in [-0.05, 0) is 46.3 Å². The molecule has 1 aromatic carbocycles. The van der Waals surface area contributed by atoms with Crippen LogP contribution >= 0.6 is 9.24 Å². The molecular formula is C17H19F2N2O2P. The van der Waals surface area contributed by atoms with Crippen molar-refractivity contribution in [1.82, 2.24) is 9.88 Å². The molecule has 0 aliphatic carbocycles. The summed E-state index contributed by atoms with van der Waals surface area (Å²) in [6, 6.07) is 6.61. The average molecular weight is 352 g/mol. The van der Waals surface area contributed by atoms with Crippen molar-refractivity contribution in [1.29, 1.82) is 0 Å². The van der Waals surface area contributed by atoms with Crippen molar-refractivity contribution in [3.05, 3.63) is 51.9 Å². The van der Waals surface area contributed by atoms with Crippen molar-refractivity contribution >= 4 is 9.24 Å². The van der Waals surface area contributed by atoms with E-state index in [0.717, 1.165) is 29.8 Å². The quantitative estimate of drug-likeness (QED) is 0.860. The Bertz CT molecular complexity index is 809. The summed E-state index contributed by atoms with van der Waals surface area (Å²) in [6.45, 7) is 5.27. The molecular weight excluding hydrogens is 333 g/mol. The number of pyridine rings is 1. The van der Waals surface area contributed by atoms with Crippen molar-refractivity contribution in [3.8, 4) is 16.9 Å². The molecule has 128 valence electrons. The molecule has 1 atom stereocenters. The van der Waals surface area contributed by atoms with Crippen LogP contribution in [0.3, 0.4) is 0 Å². The zero-order valence-electron chi connectivity index (χ0n) is 13.5. The fraction of sp³-hybridized carbons (Fsp3) is 0.353. The number of hydrogen-bond acceptors (Lipinski definition) is 3. The molecule has 1 aromatic heterocycles. The molecule has 1 unspecified atom stereocenters. The standard InChI is InChI=1S/C17H19F2N2O2P/c1-10-11(2)16(22)21(13-7-20-8-13)9-15(10)12-3-5-14(6-4-12)23-17(18,19)24/h3-6,9,13,20H,7-8,24H2,1-2H3. The van der Waals surface area contributed by atoms with E-state index in [9.17, 15) is 13.6 Å². The van der Waals surface area contributed by atoms with Gasteiger partial charge in [-0.2, -0.15) is 8.78 Å². The van der Waals surface area contributed by atoms with Gasteiger partial charge in [0, 0.05) is 30.4 Å². The van der Waals surface area contributed by atoms with Crippen molar-refractivity contribution < 1.29 is 13.5 Å². The third kappa shape index (κ3) is 3.35. The maximum absolute atomic E-state index is 12.9. The highest BCUT2D eigenvalue weighted by Crippen LogP contribution is 2.30. The summed E-state index contributed by atoms with van der Waals surface area (Å²) in [5.74, 6) is -3.21. The second-order valence-corrected chi connectivity index (χ2v) is 6.68. The number of alkyl halides is 2. The topological polar surface area (TPSA) is 43.3 Å². The molecule has 0 radical (unpaired) electrons. The van der Waals surface area contributed by atoms with Crippen LogP contribution in [0.1, 0.15) is 17.2 Å². The van der Waals surface area contributed by atoms with Gasteiger partial charge in [0.05, 0.1) is 6.04 Å². The van der Waals surface area contributed by atoms with Crippen LogP contribution < -0.4 is 15.6 Å². The predicted octanol–water partition coefficient (Wildman–Crippen LogP) is 3.08. The lowest BCUT2D eigenvalue weighted by Gasteiger charge is -2.30. The molecule has 1 aliphatic rings. The predicted molar refractivity (Wildman–Crippen MR) is 92.8 cm³/mol. The monoisotopic (exact) mass is 352 g/mol. The summed E-state index contributed by atoms with van der Waals surface area (Å²) in [5.41, 5.74) is 3.40. The van der Waals surface area contributed by atoms with Crippen LogP contribution in [0.5, 0.6) is 5.75 Å². The second-order valence-electron chi connectivity index (χ2n) is 6.01. The Labute approximate surface area is 141 Å². The lowest BCUT2D eigenvalue weighted by atomic mass is 9.98. The van der Waals surface area contributed by atoms with Gasteiger partial charge in [-0.3, -0.25) is 4.79 Å². The molecule has 3 rings (SSSR count). The van der Waals surface area contributed by atoms with Crippen LogP contribution in [-0.2, 0) is 0 Å². The van der Waals surface area contributed by atoms with Crippen LogP contribution in [0.25, 0.3) is 11.1 Å². The van der Waals surface area contributed by atoms with Crippen molar-refractivity contribution in [2.24, 2.45) is 0 Å². The minimum Gasteiger partial charge on any atom is -0.430 e. The lowest BCUT2D eigenvalue weighted by molar-refractivity contribution is -0.0892. The Balaban J connectivity index is 1.99. The number of nitrogens with zero attached hydrogens (tertiary/aromatic N) is 1. The summed E-state index contributed by atoms with van der Waals surface area (Å²) in [6.07, 6.45) is 1.86. The zero-order chi connectivity index (χ0) is 17.5. The summed E-state index contributed by atoms with van der Waals surface area (Å²) in [7, 11) is 1.35. The van der Waals surface area contributed by atoms with Gasteiger partial charge in [-0.1, -0.05) is 12.1 Å². The van der Waals surface area contributed by atoms with E-state index in [-0.39, 0.29) is 17.4 Å². The smallest absolute Gasteiger partial charge is 0.408 e. The molecule has 1 fully saturated rings. The molecule has 0 spiro atoms. The van der Waals surface area contributed by atoms with Crippen molar-refractivity contribution in [2.45, 2.75) is 25.7 Å². The summed E-state index contributed by atoms with van der Waals surface area (Å²) in [5, 5.41) is 3.16. The fourth-order valence-corrected chi connectivity index (χ4v) is 2.88. The van der Waals surface area contributed by atoms with E-state index >= 15 is 0 Å². The first-order chi connectivity index (χ1) is 11.3. The number of halogens is 2. The van der Waals surface area contributed by atoms with Crippen LogP contribution in [0.4, 0.5) is 8.78 Å². The maximum atomic E-state index is 12.9. The first-order valence-corrected chi connectivity index (χ1v) is 8.23. The highest BCUT2D eigenvalue weighted by molar-refractivity contribution is 7.17. The molecule has 7 heteroatoms. The number of ether oxygens (including phenoxy) is 1. The first-order valence-electron chi connectivity index (χ1n) is 7.65. The van der Waals surface area contributed by atoms with E-state index in [1.54, 1.807) is 16.7 Å². The Kier molecular flexibility index (Phi) is 4.45. The van der Waals surface area contributed by atoms with E-state index in [0.29, 0.717) is 5.56 Å². The van der Waals surface area contributed by atoms with Crippen LogP contribution in [-0.4, -0.2) is 23.5 Å². The van der Waals surface area contributed by atoms with Gasteiger partial charge in [0.15, 0.2) is 0 Å². The minimum atomic E-state index is -3.29. The summed E-state index contributed by atoms with van der Waals surface area (Å²) in [4.78, 5) is 12.4. The Morgan fingerprint density at radius 2 is 1.83 bits per heavy atom. The summed E-state index contributed by atoms with van der Waals surface area (Å²) < 4.78 is 32.0. The molecule has 24 heavy (non-hydrogen) atoms. The number of aromatic nitrogens is 1. The maximum Gasteiger partial charge on any atom is 0.408 e. The fourth-order valence-electron chi connectivity index (χ4n) is 2.74. The van der Waals surface area contributed by atoms with Crippen LogP contribution in [0, 0.1) is 13.8 Å². The molecule has 1 aliphatic heterocycles. The number of rotatable bonds is 4. The molecule has 0 amide bonds. The van der Waals surface area contributed by atoms with Gasteiger partial charge in [0.1, 0.15) is 5.75 Å². The van der Waals surface area contributed by atoms with E-state index in [2.05, 4.69) is 10.1 Å². The molecule has 1 saturated heterocycles. The van der Waals surface area contributed by atoms with Crippen LogP contribution in [0.15, 0.2) is 35.3 Å². The Morgan fingerprint density at radius 3 is 2.33 bits per heavy atom. The summed E-state index contributed by atoms with van der Waals surface area (Å²) >= 11 is 0. The van der Waals surface area contributed by atoms with Gasteiger partial charge >= 0.3 is 5.85 Å². The van der Waals surface area contributed by atoms with E-state index in [1.165, 1.54) is 21.4 Å². The normalized spacial score (nSPS) is 15.2. The molecule has 0 saturated carbocycles. The van der Waals surface area contributed by atoms with Gasteiger partial charge in [0.2, 0.25) is 0 Å². The third-order valence-electron chi connectivity index (χ3n) is 4.36. The second kappa shape index (κ2) is 6.26. The molecule has 1 N–H and O–H groups in total. The van der Waals surface area contributed by atoms with Gasteiger partial charge < -0.3 is 14.6 Å². The minimum absolute atomic E-state index is 0.0188. The molecule has 2 heterocycles. The van der Waals surface area contributed by atoms with E-state index in [1.807, 2.05) is 20.0 Å². The average Bonchev–Trinajstić information content (AvgIpc) is 2.45. The molecule has 4 nitrogen and oxygen atoms in total. The highest BCUT2D eigenvalue weighted by Gasteiger charge is 2.24. The lowest BCUT2D eigenvalue weighted by Crippen LogP contribution is -2.47. The number of benzene rings is 1. The van der Waals surface area contributed by atoms with E-state index in [4.69, 9.17) is 0 Å². The molecule has 0 bridgehead atoms. The number of nitrogens with one attached hydrogen (secondary N) is 1. The van der Waals surface area contributed by atoms with Gasteiger partial charge in [-0.15, -0.1) is 0 Å². The number of hydrogen-bond donors (Lipinski definition) is 1. The third-order valence-corrected chi connectivity index (χ3v) is 4.48. The van der Waals surface area contributed by atoms with Crippen molar-refractivity contribution in [3.63, 3.8) is 0 Å². The first kappa shape index (κ1) is 17.1. The largest absolute Gasteiger partial charge is 0.430 e. The Hall–Kier alpha value is -1.78. The van der Waals surface area contributed by atoms with Gasteiger partial charge in [0.25, 0.3) is 5.56 Å². The van der Waals surface area contributed by atoms with E-state index < -0.39 is 5.85 Å². The highest BCUT2D eigenvalue weighted by atomic mass is 31.0. The van der Waals surface area contributed by atoms with Crippen molar-refractivity contribution in [2.75, 3.05) is 13.1 Å². The van der Waals surface area contributed by atoms with Gasteiger partial charge in [-0.25, -0.2) is 0 Å². The van der Waals surface area contributed by atoms with Crippen LogP contribution in [0.2, 0.25) is 0 Å².